The van der Waals surface area contributed by atoms with Gasteiger partial charge in [0.05, 0.1) is 13.7 Å². The highest BCUT2D eigenvalue weighted by Gasteiger charge is 2.17. The van der Waals surface area contributed by atoms with Gasteiger partial charge in [-0.15, -0.1) is 4.98 Å². The minimum atomic E-state index is 0.187. The highest BCUT2D eigenvalue weighted by atomic mass is 16.5. The molecule has 0 saturated heterocycles. The van der Waals surface area contributed by atoms with Crippen LogP contribution in [0.3, 0.4) is 0 Å². The van der Waals surface area contributed by atoms with Crippen LogP contribution in [-0.4, -0.2) is 28.7 Å². The summed E-state index contributed by atoms with van der Waals surface area (Å²) in [4.78, 5) is 11.8. The number of nitrogens with zero attached hydrogens (tertiary/aromatic N) is 3. The van der Waals surface area contributed by atoms with Crippen molar-refractivity contribution in [3.8, 4) is 12.0 Å². The van der Waals surface area contributed by atoms with Crippen LogP contribution in [0.2, 0.25) is 0 Å². The molecule has 1 aliphatic carbocycles. The summed E-state index contributed by atoms with van der Waals surface area (Å²) in [5.41, 5.74) is 2.34. The summed E-state index contributed by atoms with van der Waals surface area (Å²) < 4.78 is 10.4. The molecule has 1 saturated carbocycles. The molecule has 0 radical (unpaired) electrons. The molecule has 0 spiro atoms. The van der Waals surface area contributed by atoms with Gasteiger partial charge < -0.3 is 9.47 Å². The lowest BCUT2D eigenvalue weighted by Crippen LogP contribution is -2.16. The molecule has 94 valence electrons. The number of nitrogen functional groups attached to an aromatic ring is 1. The molecule has 1 fully saturated rings. The second kappa shape index (κ2) is 5.62. The Bertz CT molecular complexity index is 347. The van der Waals surface area contributed by atoms with Crippen molar-refractivity contribution < 1.29 is 9.47 Å². The van der Waals surface area contributed by atoms with Crippen LogP contribution in [0.5, 0.6) is 12.0 Å². The summed E-state index contributed by atoms with van der Waals surface area (Å²) in [5.74, 6) is 6.26. The van der Waals surface area contributed by atoms with Gasteiger partial charge in [-0.1, -0.05) is 19.3 Å². The Kier molecular flexibility index (Phi) is 3.92. The number of rotatable bonds is 6. The molecule has 0 bridgehead atoms. The SMILES string of the molecule is COc1nc(NN)nc(OCCC2CCC2)n1. The fourth-order valence-corrected chi connectivity index (χ4v) is 1.66. The Morgan fingerprint density at radius 3 is 2.65 bits per heavy atom. The zero-order chi connectivity index (χ0) is 12.1. The number of aromatic nitrogens is 3. The molecule has 0 aromatic carbocycles. The first-order valence-corrected chi connectivity index (χ1v) is 5.71. The van der Waals surface area contributed by atoms with Crippen molar-refractivity contribution in [3.05, 3.63) is 0 Å². The van der Waals surface area contributed by atoms with E-state index in [1.54, 1.807) is 0 Å². The van der Waals surface area contributed by atoms with E-state index < -0.39 is 0 Å². The second-order valence-electron chi connectivity index (χ2n) is 4.01. The van der Waals surface area contributed by atoms with Crippen molar-refractivity contribution in [1.82, 2.24) is 15.0 Å². The number of hydrazine groups is 1. The number of anilines is 1. The van der Waals surface area contributed by atoms with Gasteiger partial charge in [0.1, 0.15) is 0 Å². The summed E-state index contributed by atoms with van der Waals surface area (Å²) in [6.45, 7) is 0.613. The second-order valence-corrected chi connectivity index (χ2v) is 4.01. The Morgan fingerprint density at radius 2 is 2.06 bits per heavy atom. The van der Waals surface area contributed by atoms with E-state index in [1.807, 2.05) is 0 Å². The molecule has 1 aromatic rings. The molecule has 0 unspecified atom stereocenters. The predicted molar refractivity (Wildman–Crippen MR) is 61.6 cm³/mol. The van der Waals surface area contributed by atoms with Gasteiger partial charge in [-0.3, -0.25) is 5.43 Å². The van der Waals surface area contributed by atoms with Crippen molar-refractivity contribution in [1.29, 1.82) is 0 Å². The van der Waals surface area contributed by atoms with Gasteiger partial charge in [0.2, 0.25) is 5.95 Å². The standard InChI is InChI=1S/C10H17N5O2/c1-16-9-12-8(15-11)13-10(14-9)17-6-5-7-3-2-4-7/h7H,2-6,11H2,1H3,(H,12,13,14,15). The monoisotopic (exact) mass is 239 g/mol. The highest BCUT2D eigenvalue weighted by Crippen LogP contribution is 2.29. The number of nitrogens with two attached hydrogens (primary N) is 1. The first-order chi connectivity index (χ1) is 8.31. The Morgan fingerprint density at radius 1 is 1.29 bits per heavy atom. The van der Waals surface area contributed by atoms with Gasteiger partial charge in [-0.2, -0.15) is 9.97 Å². The number of hydrogen-bond acceptors (Lipinski definition) is 7. The van der Waals surface area contributed by atoms with Crippen molar-refractivity contribution >= 4 is 5.95 Å². The van der Waals surface area contributed by atoms with Gasteiger partial charge in [0.15, 0.2) is 0 Å². The maximum Gasteiger partial charge on any atom is 0.324 e. The third-order valence-corrected chi connectivity index (χ3v) is 2.89. The first kappa shape index (κ1) is 11.8. The van der Waals surface area contributed by atoms with Crippen molar-refractivity contribution in [2.75, 3.05) is 19.1 Å². The lowest BCUT2D eigenvalue weighted by molar-refractivity contribution is 0.209. The van der Waals surface area contributed by atoms with Crippen molar-refractivity contribution in [2.45, 2.75) is 25.7 Å². The smallest absolute Gasteiger partial charge is 0.324 e. The predicted octanol–water partition coefficient (Wildman–Crippen LogP) is 0.735. The maximum atomic E-state index is 5.46. The first-order valence-electron chi connectivity index (χ1n) is 5.71. The van der Waals surface area contributed by atoms with Crippen LogP contribution in [0.25, 0.3) is 0 Å². The summed E-state index contributed by atoms with van der Waals surface area (Å²) in [6.07, 6.45) is 4.99. The zero-order valence-electron chi connectivity index (χ0n) is 9.85. The summed E-state index contributed by atoms with van der Waals surface area (Å²) in [5, 5.41) is 0. The average Bonchev–Trinajstić information content (AvgIpc) is 2.31. The van der Waals surface area contributed by atoms with Crippen LogP contribution in [0.15, 0.2) is 0 Å². The maximum absolute atomic E-state index is 5.46. The summed E-state index contributed by atoms with van der Waals surface area (Å²) in [7, 11) is 1.48. The molecule has 1 aliphatic rings. The van der Waals surface area contributed by atoms with Gasteiger partial charge in [-0.05, 0) is 12.3 Å². The van der Waals surface area contributed by atoms with Crippen molar-refractivity contribution in [2.24, 2.45) is 11.8 Å². The molecule has 7 heteroatoms. The van der Waals surface area contributed by atoms with E-state index >= 15 is 0 Å². The van der Waals surface area contributed by atoms with E-state index in [0.717, 1.165) is 12.3 Å². The number of nitrogens with one attached hydrogen (secondary N) is 1. The Labute approximate surface area is 99.7 Å². The van der Waals surface area contributed by atoms with E-state index in [-0.39, 0.29) is 18.0 Å². The summed E-state index contributed by atoms with van der Waals surface area (Å²) in [6, 6.07) is 0.427. The summed E-state index contributed by atoms with van der Waals surface area (Å²) >= 11 is 0. The average molecular weight is 239 g/mol. The van der Waals surface area contributed by atoms with Crippen LogP contribution in [0.4, 0.5) is 5.95 Å². The van der Waals surface area contributed by atoms with Crippen LogP contribution < -0.4 is 20.7 Å². The van der Waals surface area contributed by atoms with Crippen LogP contribution >= 0.6 is 0 Å². The van der Waals surface area contributed by atoms with Crippen molar-refractivity contribution in [3.63, 3.8) is 0 Å². The number of hydrogen-bond donors (Lipinski definition) is 2. The molecule has 1 aromatic heterocycles. The largest absolute Gasteiger partial charge is 0.467 e. The molecule has 1 heterocycles. The van der Waals surface area contributed by atoms with E-state index in [9.17, 15) is 0 Å². The van der Waals surface area contributed by atoms with Crippen LogP contribution in [0, 0.1) is 5.92 Å². The molecule has 0 aliphatic heterocycles. The molecule has 0 amide bonds. The van der Waals surface area contributed by atoms with Crippen LogP contribution in [0.1, 0.15) is 25.7 Å². The van der Waals surface area contributed by atoms with Gasteiger partial charge in [0, 0.05) is 0 Å². The Balaban J connectivity index is 1.89. The highest BCUT2D eigenvalue weighted by molar-refractivity contribution is 5.25. The van der Waals surface area contributed by atoms with E-state index in [2.05, 4.69) is 20.4 Å². The number of ether oxygens (including phenoxy) is 2. The molecular weight excluding hydrogens is 222 g/mol. The normalized spacial score (nSPS) is 15.2. The lowest BCUT2D eigenvalue weighted by Gasteiger charge is -2.24. The molecular formula is C10H17N5O2. The number of methoxy groups -OCH3 is 1. The molecule has 17 heavy (non-hydrogen) atoms. The van der Waals surface area contributed by atoms with E-state index in [1.165, 1.54) is 26.4 Å². The van der Waals surface area contributed by atoms with Gasteiger partial charge in [-0.25, -0.2) is 5.84 Å². The zero-order valence-corrected chi connectivity index (χ0v) is 9.85. The molecule has 0 atom stereocenters. The minimum absolute atomic E-state index is 0.187. The third-order valence-electron chi connectivity index (χ3n) is 2.89. The topological polar surface area (TPSA) is 95.2 Å². The van der Waals surface area contributed by atoms with E-state index in [4.69, 9.17) is 15.3 Å². The minimum Gasteiger partial charge on any atom is -0.467 e. The van der Waals surface area contributed by atoms with Gasteiger partial charge in [0.25, 0.3) is 0 Å². The molecule has 2 rings (SSSR count). The quantitative estimate of drug-likeness (QED) is 0.558. The van der Waals surface area contributed by atoms with Gasteiger partial charge >= 0.3 is 12.0 Å². The lowest BCUT2D eigenvalue weighted by atomic mass is 9.83. The fraction of sp³-hybridized carbons (Fsp3) is 0.700. The molecule has 7 nitrogen and oxygen atoms in total. The van der Waals surface area contributed by atoms with Crippen LogP contribution in [-0.2, 0) is 0 Å². The molecule has 3 N–H and O–H groups in total. The third kappa shape index (κ3) is 3.16. The van der Waals surface area contributed by atoms with E-state index in [0.29, 0.717) is 6.61 Å². The fourth-order valence-electron chi connectivity index (χ4n) is 1.66. The Hall–Kier alpha value is -1.63.